The first-order valence-electron chi connectivity index (χ1n) is 10.9. The number of pyridine rings is 1. The summed E-state index contributed by atoms with van der Waals surface area (Å²) in [5.74, 6) is -0.658. The lowest BCUT2D eigenvalue weighted by Crippen LogP contribution is -2.49. The number of rotatable bonds is 5. The van der Waals surface area contributed by atoms with Gasteiger partial charge in [-0.3, -0.25) is 4.79 Å². The lowest BCUT2D eigenvalue weighted by Gasteiger charge is -2.41. The Bertz CT molecular complexity index is 979. The second-order valence-electron chi connectivity index (χ2n) is 10.2. The number of hydrogen-bond acceptors (Lipinski definition) is 6. The monoisotopic (exact) mass is 492 g/mol. The summed E-state index contributed by atoms with van der Waals surface area (Å²) in [6, 6.07) is 2.80. The van der Waals surface area contributed by atoms with Crippen LogP contribution in [0.4, 0.5) is 18.9 Å². The highest BCUT2D eigenvalue weighted by Crippen LogP contribution is 2.49. The van der Waals surface area contributed by atoms with E-state index < -0.39 is 37.9 Å². The number of halogens is 3. The largest absolute Gasteiger partial charge is 0.465 e. The van der Waals surface area contributed by atoms with Crippen molar-refractivity contribution in [2.75, 3.05) is 17.2 Å². The van der Waals surface area contributed by atoms with Gasteiger partial charge in [0.15, 0.2) is 15.9 Å². The van der Waals surface area contributed by atoms with Gasteiger partial charge < -0.3 is 14.7 Å². The molecule has 1 aromatic rings. The summed E-state index contributed by atoms with van der Waals surface area (Å²) >= 11 is 0. The number of sulfone groups is 1. The number of aliphatic hydroxyl groups is 1. The number of anilines is 1. The Kier molecular flexibility index (Phi) is 6.56. The Morgan fingerprint density at radius 1 is 1.15 bits per heavy atom. The Balaban J connectivity index is 1.66. The molecule has 1 spiro atoms. The van der Waals surface area contributed by atoms with Crippen molar-refractivity contribution >= 4 is 21.4 Å². The van der Waals surface area contributed by atoms with Gasteiger partial charge in [-0.1, -0.05) is 0 Å². The fourth-order valence-electron chi connectivity index (χ4n) is 4.29. The van der Waals surface area contributed by atoms with Gasteiger partial charge in [0.2, 0.25) is 11.8 Å². The molecule has 0 aromatic carbocycles. The first-order valence-corrected chi connectivity index (χ1v) is 12.6. The topological polar surface area (TPSA) is 96.8 Å². The van der Waals surface area contributed by atoms with Crippen molar-refractivity contribution in [2.24, 2.45) is 5.41 Å². The molecule has 7 nitrogen and oxygen atoms in total. The summed E-state index contributed by atoms with van der Waals surface area (Å²) in [6.07, 6.45) is -3.48. The lowest BCUT2D eigenvalue weighted by molar-refractivity contribution is -0.189. The average Bonchev–Trinajstić information content (AvgIpc) is 3.00. The summed E-state index contributed by atoms with van der Waals surface area (Å²) in [5, 5.41) is 10.9. The maximum Gasteiger partial charge on any atom is 0.425 e. The molecular weight excluding hydrogens is 461 g/mol. The van der Waals surface area contributed by atoms with Crippen LogP contribution < -0.4 is 9.64 Å². The van der Waals surface area contributed by atoms with Crippen LogP contribution in [0.2, 0.25) is 0 Å². The van der Waals surface area contributed by atoms with Crippen LogP contribution in [0.5, 0.6) is 5.88 Å². The average molecular weight is 493 g/mol. The van der Waals surface area contributed by atoms with Gasteiger partial charge in [0.05, 0.1) is 33.4 Å². The smallest absolute Gasteiger partial charge is 0.425 e. The van der Waals surface area contributed by atoms with Crippen molar-refractivity contribution in [1.29, 1.82) is 0 Å². The van der Waals surface area contributed by atoms with Crippen LogP contribution in [0.1, 0.15) is 59.8 Å². The second-order valence-corrected chi connectivity index (χ2v) is 13.0. The minimum atomic E-state index is -4.51. The highest BCUT2D eigenvalue weighted by Gasteiger charge is 2.53. The van der Waals surface area contributed by atoms with Crippen LogP contribution in [-0.2, 0) is 14.6 Å². The van der Waals surface area contributed by atoms with Crippen molar-refractivity contribution in [3.05, 3.63) is 18.3 Å². The van der Waals surface area contributed by atoms with Gasteiger partial charge in [0.25, 0.3) is 0 Å². The maximum atomic E-state index is 13.3. The Hall–Kier alpha value is -1.88. The summed E-state index contributed by atoms with van der Waals surface area (Å²) in [4.78, 5) is 18.7. The zero-order chi connectivity index (χ0) is 24.9. The molecule has 2 fully saturated rings. The molecule has 0 unspecified atom stereocenters. The number of nitrogens with zero attached hydrogens (tertiary/aromatic N) is 2. The van der Waals surface area contributed by atoms with Gasteiger partial charge in [0.1, 0.15) is 0 Å². The molecule has 11 heteroatoms. The molecule has 2 heterocycles. The van der Waals surface area contributed by atoms with Gasteiger partial charge in [-0.25, -0.2) is 13.4 Å². The van der Waals surface area contributed by atoms with E-state index in [0.29, 0.717) is 31.5 Å². The molecule has 1 N–H and O–H groups in total. The van der Waals surface area contributed by atoms with Crippen molar-refractivity contribution in [3.8, 4) is 5.88 Å². The number of amides is 1. The normalized spacial score (nSPS) is 27.8. The second kappa shape index (κ2) is 8.41. The zero-order valence-corrected chi connectivity index (χ0v) is 20.1. The number of carbonyl (C=O) groups excluding carboxylic acids is 1. The SMILES string of the molecule is C[C@H](Oc1ccc(N2CCC3(CCC(O)(CS(=O)(=O)C(C)(C)C)CC3)C2=O)cn1)C(F)(F)F. The van der Waals surface area contributed by atoms with E-state index in [1.54, 1.807) is 25.7 Å². The molecule has 1 aromatic heterocycles. The van der Waals surface area contributed by atoms with Crippen molar-refractivity contribution in [2.45, 2.75) is 82.4 Å². The molecule has 0 bridgehead atoms. The van der Waals surface area contributed by atoms with E-state index in [4.69, 9.17) is 4.74 Å². The molecule has 1 aliphatic carbocycles. The molecule has 1 saturated carbocycles. The van der Waals surface area contributed by atoms with Crippen LogP contribution in [-0.4, -0.2) is 59.3 Å². The van der Waals surface area contributed by atoms with E-state index in [1.807, 2.05) is 0 Å². The van der Waals surface area contributed by atoms with E-state index in [0.717, 1.165) is 6.92 Å². The number of aromatic nitrogens is 1. The summed E-state index contributed by atoms with van der Waals surface area (Å²) in [5.41, 5.74) is -1.58. The fraction of sp³-hybridized carbons (Fsp3) is 0.727. The van der Waals surface area contributed by atoms with Crippen LogP contribution in [0.3, 0.4) is 0 Å². The van der Waals surface area contributed by atoms with E-state index in [1.165, 1.54) is 18.3 Å². The lowest BCUT2D eigenvalue weighted by atomic mass is 9.68. The summed E-state index contributed by atoms with van der Waals surface area (Å²) < 4.78 is 67.0. The zero-order valence-electron chi connectivity index (χ0n) is 19.3. The Labute approximate surface area is 192 Å². The van der Waals surface area contributed by atoms with E-state index in [9.17, 15) is 31.5 Å². The van der Waals surface area contributed by atoms with Crippen molar-refractivity contribution < 1.29 is 36.2 Å². The van der Waals surface area contributed by atoms with Crippen LogP contribution >= 0.6 is 0 Å². The number of alkyl halides is 3. The van der Waals surface area contributed by atoms with Crippen LogP contribution in [0, 0.1) is 5.41 Å². The van der Waals surface area contributed by atoms with Gasteiger partial charge in [0, 0.05) is 12.6 Å². The first kappa shape index (κ1) is 25.7. The van der Waals surface area contributed by atoms with Crippen LogP contribution in [0.15, 0.2) is 18.3 Å². The summed E-state index contributed by atoms with van der Waals surface area (Å²) in [6.45, 7) is 6.10. The van der Waals surface area contributed by atoms with Gasteiger partial charge in [-0.15, -0.1) is 0 Å². The van der Waals surface area contributed by atoms with Gasteiger partial charge in [-0.05, 0) is 65.9 Å². The van der Waals surface area contributed by atoms with Crippen molar-refractivity contribution in [1.82, 2.24) is 4.98 Å². The minimum Gasteiger partial charge on any atom is -0.465 e. The third-order valence-electron chi connectivity index (χ3n) is 6.83. The molecule has 1 atom stereocenters. The predicted molar refractivity (Wildman–Crippen MR) is 117 cm³/mol. The highest BCUT2D eigenvalue weighted by molar-refractivity contribution is 7.92. The number of carbonyl (C=O) groups is 1. The van der Waals surface area contributed by atoms with Crippen LogP contribution in [0.25, 0.3) is 0 Å². The molecule has 1 amide bonds. The Morgan fingerprint density at radius 3 is 2.24 bits per heavy atom. The van der Waals surface area contributed by atoms with E-state index in [-0.39, 0.29) is 30.4 Å². The molecule has 33 heavy (non-hydrogen) atoms. The first-order chi connectivity index (χ1) is 15.0. The van der Waals surface area contributed by atoms with Gasteiger partial charge >= 0.3 is 6.18 Å². The third kappa shape index (κ3) is 5.29. The molecule has 186 valence electrons. The third-order valence-corrected chi connectivity index (χ3v) is 9.62. The fourth-order valence-corrected chi connectivity index (χ4v) is 5.72. The highest BCUT2D eigenvalue weighted by atomic mass is 32.2. The molecular formula is C22H31F3N2O5S. The quantitative estimate of drug-likeness (QED) is 0.674. The van der Waals surface area contributed by atoms with E-state index in [2.05, 4.69) is 4.98 Å². The van der Waals surface area contributed by atoms with Crippen molar-refractivity contribution in [3.63, 3.8) is 0 Å². The van der Waals surface area contributed by atoms with Gasteiger partial charge in [-0.2, -0.15) is 13.2 Å². The predicted octanol–water partition coefficient (Wildman–Crippen LogP) is 3.65. The standard InChI is InChI=1S/C22H31F3N2O5S/c1-15(22(23,24)25)32-17-6-5-16(13-26-17)27-12-11-20(18(27)28)7-9-21(29,10-8-20)14-33(30,31)19(2,3)4/h5-6,13,15,29H,7-12,14H2,1-4H3/t15-,20?,21?/m0/s1. The molecule has 1 aliphatic heterocycles. The van der Waals surface area contributed by atoms with E-state index >= 15 is 0 Å². The number of ether oxygens (including phenoxy) is 1. The Morgan fingerprint density at radius 2 is 1.76 bits per heavy atom. The summed E-state index contributed by atoms with van der Waals surface area (Å²) in [7, 11) is -3.52. The number of hydrogen-bond donors (Lipinski definition) is 1. The minimum absolute atomic E-state index is 0.137. The molecule has 1 saturated heterocycles. The molecule has 2 aliphatic rings. The maximum absolute atomic E-state index is 13.3. The molecule has 0 radical (unpaired) electrons. The molecule has 3 rings (SSSR count).